The summed E-state index contributed by atoms with van der Waals surface area (Å²) in [4.78, 5) is 5.62. The molecule has 6 unspecified atom stereocenters. The first-order valence-corrected chi connectivity index (χ1v) is 9.28. The first-order chi connectivity index (χ1) is 10.1. The van der Waals surface area contributed by atoms with Gasteiger partial charge in [0.25, 0.3) is 0 Å². The van der Waals surface area contributed by atoms with E-state index in [4.69, 9.17) is 4.74 Å². The Bertz CT molecular complexity index is 385. The van der Waals surface area contributed by atoms with Crippen LogP contribution in [-0.4, -0.2) is 59.3 Å². The highest BCUT2D eigenvalue weighted by Crippen LogP contribution is 2.43. The summed E-state index contributed by atoms with van der Waals surface area (Å²) in [5.41, 5.74) is 0. The second kappa shape index (κ2) is 5.50. The van der Waals surface area contributed by atoms with E-state index in [1.807, 2.05) is 0 Å². The van der Waals surface area contributed by atoms with Gasteiger partial charge in [0.15, 0.2) is 0 Å². The van der Waals surface area contributed by atoms with Crippen LogP contribution >= 0.6 is 0 Å². The fraction of sp³-hybridized carbons (Fsp3) is 1.00. The van der Waals surface area contributed by atoms with Gasteiger partial charge in [0.2, 0.25) is 0 Å². The van der Waals surface area contributed by atoms with Crippen molar-refractivity contribution in [2.75, 3.05) is 13.2 Å². The molecule has 4 bridgehead atoms. The maximum Gasteiger partial charge on any atom is 0.0718 e. The molecule has 4 saturated heterocycles. The van der Waals surface area contributed by atoms with Crippen LogP contribution in [0.1, 0.15) is 59.3 Å². The number of hydrogen-bond acceptors (Lipinski definition) is 3. The molecule has 0 saturated carbocycles. The van der Waals surface area contributed by atoms with Crippen LogP contribution in [0.3, 0.4) is 0 Å². The van der Waals surface area contributed by atoms with Crippen LogP contribution in [0.5, 0.6) is 0 Å². The lowest BCUT2D eigenvalue weighted by Gasteiger charge is -2.44. The molecule has 4 heterocycles. The number of rotatable bonds is 4. The number of ether oxygens (including phenoxy) is 1. The molecule has 0 aromatic heterocycles. The van der Waals surface area contributed by atoms with E-state index in [2.05, 4.69) is 30.6 Å². The molecule has 0 aromatic carbocycles. The lowest BCUT2D eigenvalue weighted by Crippen LogP contribution is -2.50. The van der Waals surface area contributed by atoms with E-state index in [0.717, 1.165) is 42.7 Å². The molecule has 120 valence electrons. The molecule has 4 fully saturated rings. The molecule has 0 aromatic rings. The maximum atomic E-state index is 5.77. The average molecular weight is 292 g/mol. The summed E-state index contributed by atoms with van der Waals surface area (Å²) in [6, 6.07) is 3.99. The van der Waals surface area contributed by atoms with Crippen molar-refractivity contribution in [3.8, 4) is 0 Å². The highest BCUT2D eigenvalue weighted by molar-refractivity contribution is 5.00. The fourth-order valence-corrected chi connectivity index (χ4v) is 5.93. The van der Waals surface area contributed by atoms with Crippen LogP contribution in [-0.2, 0) is 4.74 Å². The Balaban J connectivity index is 1.40. The van der Waals surface area contributed by atoms with Crippen molar-refractivity contribution in [2.24, 2.45) is 5.92 Å². The highest BCUT2D eigenvalue weighted by atomic mass is 16.5. The Labute approximate surface area is 130 Å². The van der Waals surface area contributed by atoms with Crippen molar-refractivity contribution >= 4 is 0 Å². The number of likely N-dealkylation sites (tertiary alicyclic amines) is 1. The zero-order valence-electron chi connectivity index (χ0n) is 14.0. The standard InChI is InChI=1S/C18H32N2O/c1-12(2)20-15-5-4-14(18(20)7-6-15)8-13(3)19-10-17-9-16(19)11-21-17/h12-18H,4-11H2,1-3H3. The molecule has 0 N–H and O–H groups in total. The van der Waals surface area contributed by atoms with Crippen LogP contribution in [0.2, 0.25) is 0 Å². The summed E-state index contributed by atoms with van der Waals surface area (Å²) in [6.45, 7) is 9.45. The Morgan fingerprint density at radius 2 is 1.86 bits per heavy atom. The molecule has 21 heavy (non-hydrogen) atoms. The monoisotopic (exact) mass is 292 g/mol. The number of piperidine rings is 1. The molecule has 0 amide bonds. The zero-order valence-corrected chi connectivity index (χ0v) is 14.0. The van der Waals surface area contributed by atoms with Crippen LogP contribution in [0.4, 0.5) is 0 Å². The normalized spacial score (nSPS) is 44.9. The van der Waals surface area contributed by atoms with Gasteiger partial charge in [-0.25, -0.2) is 0 Å². The number of hydrogen-bond donors (Lipinski definition) is 0. The molecule has 4 rings (SSSR count). The minimum absolute atomic E-state index is 0.548. The molecule has 4 aliphatic heterocycles. The molecule has 0 radical (unpaired) electrons. The van der Waals surface area contributed by atoms with Crippen molar-refractivity contribution in [1.82, 2.24) is 9.80 Å². The van der Waals surface area contributed by atoms with Gasteiger partial charge in [-0.05, 0) is 65.2 Å². The number of morpholine rings is 1. The molecular weight excluding hydrogens is 260 g/mol. The van der Waals surface area contributed by atoms with Crippen LogP contribution in [0.15, 0.2) is 0 Å². The first-order valence-electron chi connectivity index (χ1n) is 9.28. The van der Waals surface area contributed by atoms with Crippen molar-refractivity contribution in [1.29, 1.82) is 0 Å². The van der Waals surface area contributed by atoms with Crippen LogP contribution < -0.4 is 0 Å². The fourth-order valence-electron chi connectivity index (χ4n) is 5.93. The Morgan fingerprint density at radius 3 is 2.52 bits per heavy atom. The van der Waals surface area contributed by atoms with Gasteiger partial charge in [-0.15, -0.1) is 0 Å². The summed E-state index contributed by atoms with van der Waals surface area (Å²) < 4.78 is 5.77. The van der Waals surface area contributed by atoms with Gasteiger partial charge in [0, 0.05) is 36.8 Å². The number of nitrogens with zero attached hydrogens (tertiary/aromatic N) is 2. The van der Waals surface area contributed by atoms with Gasteiger partial charge in [-0.2, -0.15) is 0 Å². The van der Waals surface area contributed by atoms with Gasteiger partial charge in [0.1, 0.15) is 0 Å². The van der Waals surface area contributed by atoms with Crippen LogP contribution in [0, 0.1) is 5.92 Å². The third-order valence-corrected chi connectivity index (χ3v) is 6.76. The van der Waals surface area contributed by atoms with Gasteiger partial charge >= 0.3 is 0 Å². The molecule has 6 atom stereocenters. The largest absolute Gasteiger partial charge is 0.375 e. The van der Waals surface area contributed by atoms with E-state index in [1.165, 1.54) is 45.1 Å². The van der Waals surface area contributed by atoms with Crippen molar-refractivity contribution < 1.29 is 4.74 Å². The summed E-state index contributed by atoms with van der Waals surface area (Å²) >= 11 is 0. The van der Waals surface area contributed by atoms with Crippen molar-refractivity contribution in [2.45, 2.75) is 95.6 Å². The third kappa shape index (κ3) is 2.46. The maximum absolute atomic E-state index is 5.77. The van der Waals surface area contributed by atoms with E-state index in [1.54, 1.807) is 0 Å². The zero-order chi connectivity index (χ0) is 14.6. The van der Waals surface area contributed by atoms with Gasteiger partial charge < -0.3 is 4.74 Å². The van der Waals surface area contributed by atoms with Gasteiger partial charge in [0.05, 0.1) is 12.7 Å². The first kappa shape index (κ1) is 14.5. The van der Waals surface area contributed by atoms with E-state index in [0.29, 0.717) is 6.10 Å². The lowest BCUT2D eigenvalue weighted by molar-refractivity contribution is -0.00112. The van der Waals surface area contributed by atoms with E-state index in [-0.39, 0.29) is 0 Å². The Hall–Kier alpha value is -0.120. The van der Waals surface area contributed by atoms with E-state index >= 15 is 0 Å². The topological polar surface area (TPSA) is 15.7 Å². The van der Waals surface area contributed by atoms with Crippen LogP contribution in [0.25, 0.3) is 0 Å². The second-order valence-electron chi connectivity index (χ2n) is 8.30. The Kier molecular flexibility index (Phi) is 3.79. The minimum atomic E-state index is 0.548. The summed E-state index contributed by atoms with van der Waals surface area (Å²) in [6.07, 6.45) is 9.07. The predicted octanol–water partition coefficient (Wildman–Crippen LogP) is 2.89. The molecule has 0 aliphatic carbocycles. The van der Waals surface area contributed by atoms with Crippen molar-refractivity contribution in [3.05, 3.63) is 0 Å². The highest BCUT2D eigenvalue weighted by Gasteiger charge is 2.45. The quantitative estimate of drug-likeness (QED) is 0.792. The van der Waals surface area contributed by atoms with Gasteiger partial charge in [-0.3, -0.25) is 9.80 Å². The average Bonchev–Trinajstić information content (AvgIpc) is 3.15. The molecule has 0 spiro atoms. The molecule has 3 nitrogen and oxygen atoms in total. The summed E-state index contributed by atoms with van der Waals surface area (Å²) in [7, 11) is 0. The smallest absolute Gasteiger partial charge is 0.0718 e. The van der Waals surface area contributed by atoms with E-state index < -0.39 is 0 Å². The minimum Gasteiger partial charge on any atom is -0.375 e. The number of fused-ring (bicyclic) bond motifs is 4. The Morgan fingerprint density at radius 1 is 1.05 bits per heavy atom. The second-order valence-corrected chi connectivity index (χ2v) is 8.30. The van der Waals surface area contributed by atoms with Gasteiger partial charge in [-0.1, -0.05) is 0 Å². The molecule has 3 heteroatoms. The molecule has 4 aliphatic rings. The lowest BCUT2D eigenvalue weighted by atomic mass is 9.84. The predicted molar refractivity (Wildman–Crippen MR) is 85.4 cm³/mol. The summed E-state index contributed by atoms with van der Waals surface area (Å²) in [5, 5.41) is 0. The van der Waals surface area contributed by atoms with E-state index in [9.17, 15) is 0 Å². The SMILES string of the molecule is CC(CC1CCC2CCC1N2C(C)C)N1CC2CC1CO2. The third-order valence-electron chi connectivity index (χ3n) is 6.76. The summed E-state index contributed by atoms with van der Waals surface area (Å²) in [5.74, 6) is 0.932. The molecular formula is C18H32N2O. The van der Waals surface area contributed by atoms with Crippen molar-refractivity contribution in [3.63, 3.8) is 0 Å².